The van der Waals surface area contributed by atoms with Crippen LogP contribution in [0.15, 0.2) is 53.1 Å². The van der Waals surface area contributed by atoms with Gasteiger partial charge < -0.3 is 0 Å². The van der Waals surface area contributed by atoms with E-state index in [1.165, 1.54) is 0 Å². The number of halogens is 3. The summed E-state index contributed by atoms with van der Waals surface area (Å²) in [7, 11) is 0. The Bertz CT molecular complexity index is 754. The molecule has 2 heterocycles. The lowest BCUT2D eigenvalue weighted by Crippen LogP contribution is -1.95. The molecule has 0 unspecified atom stereocenters. The van der Waals surface area contributed by atoms with Gasteiger partial charge in [0.1, 0.15) is 16.0 Å². The predicted molar refractivity (Wildman–Crippen MR) is 88.4 cm³/mol. The van der Waals surface area contributed by atoms with Crippen LogP contribution in [0.1, 0.15) is 0 Å². The Morgan fingerprint density at radius 3 is 2.10 bits per heavy atom. The Morgan fingerprint density at radius 2 is 1.52 bits per heavy atom. The second kappa shape index (κ2) is 6.10. The van der Waals surface area contributed by atoms with E-state index in [1.807, 2.05) is 36.4 Å². The van der Waals surface area contributed by atoms with Crippen molar-refractivity contribution in [1.29, 1.82) is 0 Å². The van der Waals surface area contributed by atoms with E-state index < -0.39 is 0 Å². The zero-order valence-electron chi connectivity index (χ0n) is 10.6. The second-order valence-electron chi connectivity index (χ2n) is 4.23. The number of pyridine rings is 1. The van der Waals surface area contributed by atoms with Crippen molar-refractivity contribution in [3.8, 4) is 22.6 Å². The summed E-state index contributed by atoms with van der Waals surface area (Å²) in [4.78, 5) is 12.8. The first-order chi connectivity index (χ1) is 10.1. The number of aromatic nitrogens is 3. The van der Waals surface area contributed by atoms with Crippen LogP contribution in [-0.4, -0.2) is 15.0 Å². The van der Waals surface area contributed by atoms with Crippen LogP contribution in [0.25, 0.3) is 22.6 Å². The topological polar surface area (TPSA) is 38.7 Å². The summed E-state index contributed by atoms with van der Waals surface area (Å²) in [5.41, 5.74) is 2.11. The lowest BCUT2D eigenvalue weighted by molar-refractivity contribution is 1.14. The van der Waals surface area contributed by atoms with Crippen molar-refractivity contribution in [2.24, 2.45) is 0 Å². The summed E-state index contributed by atoms with van der Waals surface area (Å²) < 4.78 is 0.976. The van der Waals surface area contributed by atoms with Gasteiger partial charge >= 0.3 is 0 Å². The molecule has 21 heavy (non-hydrogen) atoms. The standard InChI is InChI=1S/C15H8BrCl2N3/c16-10-6-4-9(5-7-10)12-13(17)20-15(21-14(12)18)11-3-1-2-8-19-11/h1-8H. The van der Waals surface area contributed by atoms with Crippen LogP contribution in [0, 0.1) is 0 Å². The molecule has 0 bridgehead atoms. The molecule has 1 aromatic carbocycles. The molecule has 3 aromatic rings. The minimum absolute atomic E-state index is 0.304. The molecule has 0 fully saturated rings. The summed E-state index contributed by atoms with van der Waals surface area (Å²) in [5, 5.41) is 0.607. The van der Waals surface area contributed by atoms with Gasteiger partial charge in [-0.25, -0.2) is 9.97 Å². The van der Waals surface area contributed by atoms with E-state index >= 15 is 0 Å². The van der Waals surface area contributed by atoms with E-state index in [4.69, 9.17) is 23.2 Å². The van der Waals surface area contributed by atoms with Gasteiger partial charge in [-0.2, -0.15) is 0 Å². The van der Waals surface area contributed by atoms with Gasteiger partial charge in [-0.05, 0) is 29.8 Å². The van der Waals surface area contributed by atoms with Gasteiger partial charge in [-0.3, -0.25) is 4.98 Å². The lowest BCUT2D eigenvalue weighted by Gasteiger charge is -2.08. The highest BCUT2D eigenvalue weighted by Gasteiger charge is 2.15. The fraction of sp³-hybridized carbons (Fsp3) is 0. The Morgan fingerprint density at radius 1 is 0.857 bits per heavy atom. The van der Waals surface area contributed by atoms with E-state index in [0.717, 1.165) is 10.0 Å². The summed E-state index contributed by atoms with van der Waals surface area (Å²) in [6.45, 7) is 0. The van der Waals surface area contributed by atoms with Gasteiger partial charge in [0.25, 0.3) is 0 Å². The summed E-state index contributed by atoms with van der Waals surface area (Å²) in [6, 6.07) is 13.1. The molecule has 104 valence electrons. The zero-order valence-corrected chi connectivity index (χ0v) is 13.7. The normalized spacial score (nSPS) is 10.6. The predicted octanol–water partition coefficient (Wildman–Crippen LogP) is 5.27. The fourth-order valence-corrected chi connectivity index (χ4v) is 2.74. The maximum Gasteiger partial charge on any atom is 0.181 e. The third kappa shape index (κ3) is 3.07. The van der Waals surface area contributed by atoms with Crippen molar-refractivity contribution in [3.05, 3.63) is 63.4 Å². The molecule has 0 saturated carbocycles. The molecule has 3 rings (SSSR count). The zero-order chi connectivity index (χ0) is 14.8. The fourth-order valence-electron chi connectivity index (χ4n) is 1.87. The van der Waals surface area contributed by atoms with Crippen LogP contribution in [-0.2, 0) is 0 Å². The highest BCUT2D eigenvalue weighted by Crippen LogP contribution is 2.34. The molecule has 0 spiro atoms. The van der Waals surface area contributed by atoms with E-state index in [9.17, 15) is 0 Å². The Balaban J connectivity index is 2.11. The molecule has 0 radical (unpaired) electrons. The van der Waals surface area contributed by atoms with Crippen LogP contribution in [0.3, 0.4) is 0 Å². The quantitative estimate of drug-likeness (QED) is 0.568. The summed E-state index contributed by atoms with van der Waals surface area (Å²) in [5.74, 6) is 0.409. The minimum atomic E-state index is 0.304. The maximum absolute atomic E-state index is 6.28. The van der Waals surface area contributed by atoms with Gasteiger partial charge in [-0.15, -0.1) is 0 Å². The summed E-state index contributed by atoms with van der Waals surface area (Å²) in [6.07, 6.45) is 1.67. The second-order valence-corrected chi connectivity index (χ2v) is 5.86. The Kier molecular flexibility index (Phi) is 4.19. The van der Waals surface area contributed by atoms with Crippen molar-refractivity contribution >= 4 is 39.1 Å². The molecule has 0 saturated heterocycles. The van der Waals surface area contributed by atoms with Crippen LogP contribution >= 0.6 is 39.1 Å². The molecule has 3 nitrogen and oxygen atoms in total. The van der Waals surface area contributed by atoms with Crippen LogP contribution in [0.4, 0.5) is 0 Å². The van der Waals surface area contributed by atoms with E-state index in [2.05, 4.69) is 30.9 Å². The molecular formula is C15H8BrCl2N3. The number of benzene rings is 1. The molecule has 0 amide bonds. The SMILES string of the molecule is Clc1nc(-c2ccccn2)nc(Cl)c1-c1ccc(Br)cc1. The number of rotatable bonds is 2. The Hall–Kier alpha value is -1.49. The number of nitrogens with zero attached hydrogens (tertiary/aromatic N) is 3. The van der Waals surface area contributed by atoms with Crippen LogP contribution < -0.4 is 0 Å². The van der Waals surface area contributed by atoms with Crippen molar-refractivity contribution in [2.45, 2.75) is 0 Å². The van der Waals surface area contributed by atoms with Crippen molar-refractivity contribution in [2.75, 3.05) is 0 Å². The number of hydrogen-bond acceptors (Lipinski definition) is 3. The lowest BCUT2D eigenvalue weighted by atomic mass is 10.1. The van der Waals surface area contributed by atoms with E-state index in [1.54, 1.807) is 12.3 Å². The van der Waals surface area contributed by atoms with Gasteiger partial charge in [0.15, 0.2) is 5.82 Å². The van der Waals surface area contributed by atoms with Gasteiger partial charge in [-0.1, -0.05) is 57.3 Å². The Labute approximate surface area is 140 Å². The maximum atomic E-state index is 6.28. The van der Waals surface area contributed by atoms with Crippen molar-refractivity contribution in [3.63, 3.8) is 0 Å². The van der Waals surface area contributed by atoms with Gasteiger partial charge in [0, 0.05) is 10.7 Å². The highest BCUT2D eigenvalue weighted by molar-refractivity contribution is 9.10. The van der Waals surface area contributed by atoms with E-state index in [0.29, 0.717) is 27.4 Å². The average Bonchev–Trinajstić information content (AvgIpc) is 2.49. The largest absolute Gasteiger partial charge is 0.253 e. The third-order valence-corrected chi connectivity index (χ3v) is 3.92. The highest BCUT2D eigenvalue weighted by atomic mass is 79.9. The average molecular weight is 381 g/mol. The molecule has 6 heteroatoms. The van der Waals surface area contributed by atoms with Gasteiger partial charge in [0.2, 0.25) is 0 Å². The van der Waals surface area contributed by atoms with Crippen molar-refractivity contribution in [1.82, 2.24) is 15.0 Å². The van der Waals surface area contributed by atoms with Crippen molar-refractivity contribution < 1.29 is 0 Å². The summed E-state index contributed by atoms with van der Waals surface area (Å²) >= 11 is 16.0. The van der Waals surface area contributed by atoms with E-state index in [-0.39, 0.29) is 0 Å². The molecule has 2 aromatic heterocycles. The molecule has 0 aliphatic carbocycles. The number of hydrogen-bond donors (Lipinski definition) is 0. The first-order valence-corrected chi connectivity index (χ1v) is 7.60. The smallest absolute Gasteiger partial charge is 0.181 e. The first-order valence-electron chi connectivity index (χ1n) is 6.05. The molecule has 0 N–H and O–H groups in total. The third-order valence-electron chi connectivity index (χ3n) is 2.85. The first kappa shape index (κ1) is 14.4. The minimum Gasteiger partial charge on any atom is -0.253 e. The van der Waals surface area contributed by atoms with Gasteiger partial charge in [0.05, 0.1) is 5.56 Å². The molecule has 0 aliphatic heterocycles. The van der Waals surface area contributed by atoms with Crippen LogP contribution in [0.2, 0.25) is 10.3 Å². The van der Waals surface area contributed by atoms with Crippen LogP contribution in [0.5, 0.6) is 0 Å². The molecule has 0 atom stereocenters. The monoisotopic (exact) mass is 379 g/mol. The molecule has 0 aliphatic rings. The molecular weight excluding hydrogens is 373 g/mol.